The number of hydrogen-bond acceptors (Lipinski definition) is 4. The second-order valence-electron chi connectivity index (χ2n) is 6.14. The van der Waals surface area contributed by atoms with Gasteiger partial charge in [0.1, 0.15) is 5.69 Å². The summed E-state index contributed by atoms with van der Waals surface area (Å²) in [5, 5.41) is 0. The fraction of sp³-hybridized carbons (Fsp3) is 0.400. The number of furan rings is 1. The summed E-state index contributed by atoms with van der Waals surface area (Å²) < 4.78 is 31.2. The molecule has 1 fully saturated rings. The summed E-state index contributed by atoms with van der Waals surface area (Å²) in [5.41, 5.74) is -0.283. The molecule has 4 nitrogen and oxygen atoms in total. The summed E-state index contributed by atoms with van der Waals surface area (Å²) in [5.74, 6) is -0.0863. The molecular weight excluding hydrogens is 272 g/mol. The minimum atomic E-state index is -0.756. The molecular formula is C15H17BFNO3. The molecule has 3 heterocycles. The molecule has 0 N–H and O–H groups in total. The first-order chi connectivity index (χ1) is 9.80. The average Bonchev–Trinajstić information content (AvgIpc) is 2.96. The Morgan fingerprint density at radius 2 is 1.71 bits per heavy atom. The summed E-state index contributed by atoms with van der Waals surface area (Å²) in [6.45, 7) is 7.70. The van der Waals surface area contributed by atoms with Gasteiger partial charge in [0.2, 0.25) is 5.95 Å². The number of rotatable bonds is 2. The maximum atomic E-state index is 14.3. The first kappa shape index (κ1) is 14.3. The highest BCUT2D eigenvalue weighted by Crippen LogP contribution is 2.36. The molecule has 0 aliphatic carbocycles. The van der Waals surface area contributed by atoms with Crippen LogP contribution in [-0.2, 0) is 9.31 Å². The summed E-state index contributed by atoms with van der Waals surface area (Å²) in [6.07, 6.45) is 1.52. The second kappa shape index (κ2) is 4.68. The zero-order valence-corrected chi connectivity index (χ0v) is 12.5. The predicted molar refractivity (Wildman–Crippen MR) is 77.6 cm³/mol. The van der Waals surface area contributed by atoms with E-state index in [1.54, 1.807) is 24.3 Å². The van der Waals surface area contributed by atoms with E-state index in [1.165, 1.54) is 6.26 Å². The smallest absolute Gasteiger partial charge is 0.463 e. The normalized spacial score (nSPS) is 20.0. The summed E-state index contributed by atoms with van der Waals surface area (Å²) >= 11 is 0. The molecule has 0 amide bonds. The van der Waals surface area contributed by atoms with Crippen molar-refractivity contribution in [2.75, 3.05) is 0 Å². The van der Waals surface area contributed by atoms with Gasteiger partial charge in [-0.1, -0.05) is 6.07 Å². The van der Waals surface area contributed by atoms with Crippen molar-refractivity contribution in [2.45, 2.75) is 38.9 Å². The minimum absolute atomic E-state index is 0.295. The van der Waals surface area contributed by atoms with Gasteiger partial charge in [-0.15, -0.1) is 0 Å². The number of nitrogens with zero attached hydrogens (tertiary/aromatic N) is 1. The Bertz CT molecular complexity index is 639. The maximum absolute atomic E-state index is 14.3. The van der Waals surface area contributed by atoms with Crippen molar-refractivity contribution in [1.29, 1.82) is 0 Å². The monoisotopic (exact) mass is 289 g/mol. The molecule has 21 heavy (non-hydrogen) atoms. The van der Waals surface area contributed by atoms with Crippen LogP contribution >= 0.6 is 0 Å². The van der Waals surface area contributed by atoms with Crippen molar-refractivity contribution < 1.29 is 18.1 Å². The van der Waals surface area contributed by atoms with Gasteiger partial charge in [-0.25, -0.2) is 4.98 Å². The number of pyridine rings is 1. The molecule has 2 aromatic heterocycles. The maximum Gasteiger partial charge on any atom is 0.499 e. The summed E-state index contributed by atoms with van der Waals surface area (Å²) in [4.78, 5) is 3.94. The molecule has 2 aromatic rings. The topological polar surface area (TPSA) is 44.5 Å². The van der Waals surface area contributed by atoms with Crippen LogP contribution in [0.3, 0.4) is 0 Å². The van der Waals surface area contributed by atoms with E-state index in [4.69, 9.17) is 13.7 Å². The van der Waals surface area contributed by atoms with Gasteiger partial charge >= 0.3 is 7.12 Å². The lowest BCUT2D eigenvalue weighted by Crippen LogP contribution is -2.41. The van der Waals surface area contributed by atoms with Gasteiger partial charge < -0.3 is 13.7 Å². The molecule has 0 radical (unpaired) electrons. The lowest BCUT2D eigenvalue weighted by molar-refractivity contribution is 0.00578. The van der Waals surface area contributed by atoms with Crippen LogP contribution in [-0.4, -0.2) is 23.3 Å². The van der Waals surface area contributed by atoms with Crippen LogP contribution in [0.4, 0.5) is 4.39 Å². The Balaban J connectivity index is 1.91. The molecule has 0 atom stereocenters. The average molecular weight is 289 g/mol. The Labute approximate surface area is 123 Å². The molecule has 0 bridgehead atoms. The fourth-order valence-corrected chi connectivity index (χ4v) is 2.15. The van der Waals surface area contributed by atoms with Crippen molar-refractivity contribution in [3.8, 4) is 11.5 Å². The van der Waals surface area contributed by atoms with Crippen LogP contribution in [0.5, 0.6) is 0 Å². The summed E-state index contributed by atoms with van der Waals surface area (Å²) in [6, 6.07) is 6.79. The molecule has 3 rings (SSSR count). The number of hydrogen-bond donors (Lipinski definition) is 0. The third-order valence-corrected chi connectivity index (χ3v) is 4.16. The SMILES string of the molecule is CC1(C)OB(c2ccc(-c3ccco3)nc2F)OC1(C)C. The van der Waals surface area contributed by atoms with Gasteiger partial charge in [-0.2, -0.15) is 4.39 Å². The van der Waals surface area contributed by atoms with Crippen LogP contribution in [0, 0.1) is 5.95 Å². The Kier molecular flexibility index (Phi) is 3.18. The van der Waals surface area contributed by atoms with Gasteiger partial charge in [-0.05, 0) is 45.9 Å². The van der Waals surface area contributed by atoms with Crippen LogP contribution < -0.4 is 5.46 Å². The molecule has 0 spiro atoms. The molecule has 1 saturated heterocycles. The third-order valence-electron chi connectivity index (χ3n) is 4.16. The molecule has 110 valence electrons. The van der Waals surface area contributed by atoms with Crippen molar-refractivity contribution in [3.05, 3.63) is 36.5 Å². The van der Waals surface area contributed by atoms with E-state index in [9.17, 15) is 4.39 Å². The third kappa shape index (κ3) is 2.38. The molecule has 0 saturated carbocycles. The van der Waals surface area contributed by atoms with Crippen molar-refractivity contribution in [2.24, 2.45) is 0 Å². The molecule has 1 aliphatic rings. The van der Waals surface area contributed by atoms with E-state index < -0.39 is 24.3 Å². The van der Waals surface area contributed by atoms with Crippen molar-refractivity contribution >= 4 is 12.6 Å². The van der Waals surface area contributed by atoms with Gasteiger partial charge in [0.15, 0.2) is 5.76 Å². The van der Waals surface area contributed by atoms with Gasteiger partial charge in [0.05, 0.1) is 17.5 Å². The largest absolute Gasteiger partial charge is 0.499 e. The van der Waals surface area contributed by atoms with E-state index in [0.29, 0.717) is 16.9 Å². The quantitative estimate of drug-likeness (QED) is 0.630. The van der Waals surface area contributed by atoms with Crippen LogP contribution in [0.1, 0.15) is 27.7 Å². The minimum Gasteiger partial charge on any atom is -0.463 e. The fourth-order valence-electron chi connectivity index (χ4n) is 2.15. The van der Waals surface area contributed by atoms with E-state index in [1.807, 2.05) is 27.7 Å². The highest BCUT2D eigenvalue weighted by molar-refractivity contribution is 6.62. The van der Waals surface area contributed by atoms with E-state index in [-0.39, 0.29) is 0 Å². The molecule has 0 aromatic carbocycles. The first-order valence-electron chi connectivity index (χ1n) is 6.86. The predicted octanol–water partition coefficient (Wildman–Crippen LogP) is 2.78. The van der Waals surface area contributed by atoms with Gasteiger partial charge in [0.25, 0.3) is 0 Å². The van der Waals surface area contributed by atoms with E-state index >= 15 is 0 Å². The lowest BCUT2D eigenvalue weighted by atomic mass is 9.80. The second-order valence-corrected chi connectivity index (χ2v) is 6.14. The number of aromatic nitrogens is 1. The first-order valence-corrected chi connectivity index (χ1v) is 6.86. The summed E-state index contributed by atoms with van der Waals surface area (Å²) in [7, 11) is -0.756. The van der Waals surface area contributed by atoms with E-state index in [2.05, 4.69) is 4.98 Å². The van der Waals surface area contributed by atoms with Gasteiger partial charge in [0, 0.05) is 5.46 Å². The van der Waals surface area contributed by atoms with Crippen molar-refractivity contribution in [1.82, 2.24) is 4.98 Å². The molecule has 0 unspecified atom stereocenters. The molecule has 6 heteroatoms. The standard InChI is InChI=1S/C15H17BFNO3/c1-14(2)15(3,4)21-16(20-14)10-7-8-11(18-13(10)17)12-6-5-9-19-12/h5-9H,1-4H3. The van der Waals surface area contributed by atoms with Gasteiger partial charge in [-0.3, -0.25) is 0 Å². The highest BCUT2D eigenvalue weighted by atomic mass is 19.1. The van der Waals surface area contributed by atoms with Crippen LogP contribution in [0.15, 0.2) is 34.9 Å². The number of halogens is 1. The molecule has 1 aliphatic heterocycles. The zero-order chi connectivity index (χ0) is 15.3. The van der Waals surface area contributed by atoms with E-state index in [0.717, 1.165) is 0 Å². The Morgan fingerprint density at radius 3 is 2.24 bits per heavy atom. The van der Waals surface area contributed by atoms with Crippen molar-refractivity contribution in [3.63, 3.8) is 0 Å². The van der Waals surface area contributed by atoms with Crippen LogP contribution in [0.25, 0.3) is 11.5 Å². The lowest BCUT2D eigenvalue weighted by Gasteiger charge is -2.32. The Hall–Kier alpha value is -1.66. The zero-order valence-electron chi connectivity index (χ0n) is 12.5. The van der Waals surface area contributed by atoms with Crippen LogP contribution in [0.2, 0.25) is 0 Å². The highest BCUT2D eigenvalue weighted by Gasteiger charge is 2.52. The Morgan fingerprint density at radius 1 is 1.05 bits per heavy atom.